The van der Waals surface area contributed by atoms with E-state index in [-0.39, 0.29) is 22.6 Å². The maximum Gasteiger partial charge on any atom is 0.352 e. The van der Waals surface area contributed by atoms with Gasteiger partial charge in [0, 0.05) is 10.2 Å². The second-order valence-corrected chi connectivity index (χ2v) is 7.80. The summed E-state index contributed by atoms with van der Waals surface area (Å²) < 4.78 is 60.9. The van der Waals surface area contributed by atoms with E-state index in [1.165, 1.54) is 19.1 Å². The molecule has 3 aromatic rings. The van der Waals surface area contributed by atoms with Crippen molar-refractivity contribution in [3.63, 3.8) is 0 Å². The second kappa shape index (κ2) is 9.14. The number of alkyl halides is 4. The van der Waals surface area contributed by atoms with Gasteiger partial charge in [0.15, 0.2) is 5.69 Å². The number of nitrogens with one attached hydrogen (secondary N) is 1. The van der Waals surface area contributed by atoms with Crippen LogP contribution in [0.4, 0.5) is 17.6 Å². The topological polar surface area (TPSA) is 114 Å². The molecule has 0 fully saturated rings. The SMILES string of the molecule is Cc1nc(C)c(Cn2cnc(C(F)(F)C(F)F)c(Oc3cc(Br)cc(C#N)c3)c2=O)c(=O)[nH]1. The van der Waals surface area contributed by atoms with Gasteiger partial charge in [0.1, 0.15) is 11.6 Å². The van der Waals surface area contributed by atoms with Crippen molar-refractivity contribution in [2.45, 2.75) is 32.7 Å². The lowest BCUT2D eigenvalue weighted by Crippen LogP contribution is -2.33. The molecule has 2 aromatic heterocycles. The van der Waals surface area contributed by atoms with Gasteiger partial charge in [-0.05, 0) is 32.0 Å². The second-order valence-electron chi connectivity index (χ2n) is 6.88. The van der Waals surface area contributed by atoms with E-state index >= 15 is 0 Å². The van der Waals surface area contributed by atoms with E-state index in [0.717, 1.165) is 10.6 Å². The first-order valence-corrected chi connectivity index (χ1v) is 9.94. The fraction of sp³-hybridized carbons (Fsp3) is 0.250. The average molecular weight is 528 g/mol. The van der Waals surface area contributed by atoms with Gasteiger partial charge in [-0.25, -0.2) is 18.7 Å². The van der Waals surface area contributed by atoms with Gasteiger partial charge in [-0.1, -0.05) is 15.9 Å². The molecule has 172 valence electrons. The van der Waals surface area contributed by atoms with Gasteiger partial charge in [-0.3, -0.25) is 14.2 Å². The van der Waals surface area contributed by atoms with Crippen LogP contribution in [0.1, 0.15) is 28.3 Å². The van der Waals surface area contributed by atoms with E-state index in [1.54, 1.807) is 6.92 Å². The summed E-state index contributed by atoms with van der Waals surface area (Å²) in [5.41, 5.74) is -3.01. The van der Waals surface area contributed by atoms with Crippen LogP contribution in [-0.4, -0.2) is 25.9 Å². The van der Waals surface area contributed by atoms with E-state index in [0.29, 0.717) is 16.6 Å². The van der Waals surface area contributed by atoms with Crippen molar-refractivity contribution in [2.75, 3.05) is 0 Å². The summed E-state index contributed by atoms with van der Waals surface area (Å²) in [6.07, 6.45) is -3.55. The van der Waals surface area contributed by atoms with Crippen LogP contribution in [-0.2, 0) is 12.5 Å². The Hall–Kier alpha value is -3.53. The summed E-state index contributed by atoms with van der Waals surface area (Å²) in [7, 11) is 0. The van der Waals surface area contributed by atoms with Gasteiger partial charge >= 0.3 is 12.3 Å². The quantitative estimate of drug-likeness (QED) is 0.488. The summed E-state index contributed by atoms with van der Waals surface area (Å²) in [6, 6.07) is 5.58. The minimum absolute atomic E-state index is 0.0399. The zero-order valence-electron chi connectivity index (χ0n) is 17.0. The maximum absolute atomic E-state index is 14.2. The Kier molecular flexibility index (Phi) is 6.68. The molecule has 0 aliphatic carbocycles. The number of hydrogen-bond donors (Lipinski definition) is 1. The molecule has 8 nitrogen and oxygen atoms in total. The molecule has 33 heavy (non-hydrogen) atoms. The lowest BCUT2D eigenvalue weighted by atomic mass is 10.2. The van der Waals surface area contributed by atoms with Crippen LogP contribution in [0.5, 0.6) is 11.5 Å². The van der Waals surface area contributed by atoms with Crippen molar-refractivity contribution in [3.05, 3.63) is 78.0 Å². The highest BCUT2D eigenvalue weighted by atomic mass is 79.9. The summed E-state index contributed by atoms with van der Waals surface area (Å²) in [4.78, 5) is 35.2. The number of aromatic nitrogens is 4. The molecule has 1 N–H and O–H groups in total. The first-order valence-electron chi connectivity index (χ1n) is 9.14. The zero-order chi connectivity index (χ0) is 24.5. The molecule has 0 unspecified atom stereocenters. The highest BCUT2D eigenvalue weighted by Gasteiger charge is 2.48. The largest absolute Gasteiger partial charge is 0.449 e. The fourth-order valence-corrected chi connectivity index (χ4v) is 3.40. The van der Waals surface area contributed by atoms with Gasteiger partial charge in [0.25, 0.3) is 11.1 Å². The third-order valence-corrected chi connectivity index (χ3v) is 4.93. The Balaban J connectivity index is 2.19. The number of nitrogens with zero attached hydrogens (tertiary/aromatic N) is 4. The lowest BCUT2D eigenvalue weighted by Gasteiger charge is -2.19. The van der Waals surface area contributed by atoms with Crippen LogP contribution < -0.4 is 15.9 Å². The standard InChI is InChI=1S/C20H14BrF4N5O3/c1-9-14(17(31)29-10(2)28-9)7-30-8-27-16(20(24,25)19(22)23)15(18(30)32)33-13-4-11(6-26)3-12(21)5-13/h3-5,8,19H,7H2,1-2H3,(H,28,29,31). The zero-order valence-corrected chi connectivity index (χ0v) is 18.6. The lowest BCUT2D eigenvalue weighted by molar-refractivity contribution is -0.139. The molecule has 0 amide bonds. The van der Waals surface area contributed by atoms with E-state index in [1.807, 2.05) is 6.07 Å². The summed E-state index contributed by atoms with van der Waals surface area (Å²) in [6.45, 7) is 2.63. The van der Waals surface area contributed by atoms with Crippen molar-refractivity contribution >= 4 is 15.9 Å². The molecular weight excluding hydrogens is 514 g/mol. The van der Waals surface area contributed by atoms with Crippen molar-refractivity contribution in [2.24, 2.45) is 0 Å². The van der Waals surface area contributed by atoms with E-state index in [4.69, 9.17) is 10.00 Å². The highest BCUT2D eigenvalue weighted by molar-refractivity contribution is 9.10. The van der Waals surface area contributed by atoms with Crippen LogP contribution in [0.3, 0.4) is 0 Å². The molecule has 0 aliphatic rings. The molecule has 13 heteroatoms. The van der Waals surface area contributed by atoms with Crippen LogP contribution in [0.15, 0.2) is 38.6 Å². The van der Waals surface area contributed by atoms with Crippen LogP contribution >= 0.6 is 15.9 Å². The molecule has 0 aliphatic heterocycles. The molecule has 2 heterocycles. The number of hydrogen-bond acceptors (Lipinski definition) is 6. The Morgan fingerprint density at radius 3 is 2.58 bits per heavy atom. The molecule has 3 rings (SSSR count). The Labute approximate surface area is 191 Å². The minimum atomic E-state index is -4.81. The molecule has 0 saturated carbocycles. The molecule has 0 radical (unpaired) electrons. The highest BCUT2D eigenvalue weighted by Crippen LogP contribution is 2.38. The van der Waals surface area contributed by atoms with Crippen molar-refractivity contribution in [1.82, 2.24) is 19.5 Å². The van der Waals surface area contributed by atoms with E-state index < -0.39 is 41.5 Å². The van der Waals surface area contributed by atoms with Gasteiger partial charge in [-0.2, -0.15) is 14.0 Å². The van der Waals surface area contributed by atoms with Crippen LogP contribution in [0.25, 0.3) is 0 Å². The molecule has 0 bridgehead atoms. The van der Waals surface area contributed by atoms with E-state index in [9.17, 15) is 27.2 Å². The number of halogens is 5. The molecular formula is C20H14BrF4N5O3. The summed E-state index contributed by atoms with van der Waals surface area (Å²) in [5, 5.41) is 9.08. The third-order valence-electron chi connectivity index (χ3n) is 4.48. The number of aryl methyl sites for hydroxylation is 2. The summed E-state index contributed by atoms with van der Waals surface area (Å²) >= 11 is 3.10. The van der Waals surface area contributed by atoms with Gasteiger partial charge in [-0.15, -0.1) is 0 Å². The van der Waals surface area contributed by atoms with Crippen molar-refractivity contribution in [1.29, 1.82) is 5.26 Å². The first kappa shape index (κ1) is 24.1. The number of benzene rings is 1. The Bertz CT molecular complexity index is 1380. The monoisotopic (exact) mass is 527 g/mol. The average Bonchev–Trinajstić information content (AvgIpc) is 2.72. The van der Waals surface area contributed by atoms with Crippen molar-refractivity contribution < 1.29 is 22.3 Å². The number of H-pyrrole nitrogens is 1. The molecule has 0 atom stereocenters. The Morgan fingerprint density at radius 2 is 1.97 bits per heavy atom. The molecule has 1 aromatic carbocycles. The van der Waals surface area contributed by atoms with Crippen LogP contribution in [0.2, 0.25) is 0 Å². The third kappa shape index (κ3) is 4.95. The predicted octanol–water partition coefficient (Wildman–Crippen LogP) is 3.78. The van der Waals surface area contributed by atoms with Gasteiger partial charge < -0.3 is 9.72 Å². The maximum atomic E-state index is 14.2. The predicted molar refractivity (Wildman–Crippen MR) is 111 cm³/mol. The smallest absolute Gasteiger partial charge is 0.352 e. The van der Waals surface area contributed by atoms with Gasteiger partial charge in [0.2, 0.25) is 5.75 Å². The minimum Gasteiger partial charge on any atom is -0.449 e. The number of rotatable bonds is 6. The number of ether oxygens (including phenoxy) is 1. The number of nitriles is 1. The summed E-state index contributed by atoms with van der Waals surface area (Å²) in [5.74, 6) is -5.89. The molecule has 0 saturated heterocycles. The van der Waals surface area contributed by atoms with Crippen molar-refractivity contribution in [3.8, 4) is 17.6 Å². The first-order chi connectivity index (χ1) is 15.4. The van der Waals surface area contributed by atoms with E-state index in [2.05, 4.69) is 30.9 Å². The Morgan fingerprint density at radius 1 is 1.27 bits per heavy atom. The molecule has 0 spiro atoms. The van der Waals surface area contributed by atoms with Crippen LogP contribution in [0, 0.1) is 25.2 Å². The van der Waals surface area contributed by atoms with Gasteiger partial charge in [0.05, 0.1) is 30.1 Å². The number of aromatic amines is 1. The fourth-order valence-electron chi connectivity index (χ4n) is 2.93. The normalized spacial score (nSPS) is 11.5.